The number of pyridine rings is 1. The number of hydrogen-bond donors (Lipinski definition) is 2. The van der Waals surface area contributed by atoms with Crippen molar-refractivity contribution in [3.05, 3.63) is 41.7 Å². The fraction of sp³-hybridized carbons (Fsp3) is 0.286. The maximum Gasteiger partial charge on any atom is 0.266 e. The van der Waals surface area contributed by atoms with Crippen LogP contribution in [0.1, 0.15) is 17.3 Å². The molecular formula is C14H16N6O3S. The summed E-state index contributed by atoms with van der Waals surface area (Å²) >= 11 is 0. The van der Waals surface area contributed by atoms with E-state index in [0.717, 1.165) is 0 Å². The summed E-state index contributed by atoms with van der Waals surface area (Å²) in [6, 6.07) is 5.36. The molecule has 0 saturated heterocycles. The standard InChI is InChI=1S/C14H16N6O3S/c1-9-13(10(2)18-17-9)24(21,22)16-8-6-12-19-20-14(23-12)11-5-3-4-7-15-11/h3-5,7,16H,6,8H2,1-2H3,(H,17,18). The average Bonchev–Trinajstić information content (AvgIpc) is 3.15. The molecule has 3 heterocycles. The monoisotopic (exact) mass is 348 g/mol. The Bertz CT molecular complexity index is 913. The third-order valence-corrected chi connectivity index (χ3v) is 5.03. The summed E-state index contributed by atoms with van der Waals surface area (Å²) < 4.78 is 32.6. The van der Waals surface area contributed by atoms with Gasteiger partial charge in [-0.1, -0.05) is 6.07 Å². The van der Waals surface area contributed by atoms with Crippen molar-refractivity contribution in [1.29, 1.82) is 0 Å². The van der Waals surface area contributed by atoms with Gasteiger partial charge in [-0.25, -0.2) is 13.1 Å². The van der Waals surface area contributed by atoms with E-state index >= 15 is 0 Å². The summed E-state index contributed by atoms with van der Waals surface area (Å²) in [6.07, 6.45) is 1.90. The minimum absolute atomic E-state index is 0.135. The van der Waals surface area contributed by atoms with E-state index in [2.05, 4.69) is 30.1 Å². The van der Waals surface area contributed by atoms with Crippen molar-refractivity contribution < 1.29 is 12.8 Å². The lowest BCUT2D eigenvalue weighted by Crippen LogP contribution is -2.27. The molecule has 0 unspecified atom stereocenters. The minimum Gasteiger partial charge on any atom is -0.419 e. The Balaban J connectivity index is 1.64. The lowest BCUT2D eigenvalue weighted by Gasteiger charge is -2.05. The number of nitrogens with zero attached hydrogens (tertiary/aromatic N) is 4. The van der Waals surface area contributed by atoms with Crippen LogP contribution in [0.5, 0.6) is 0 Å². The predicted molar refractivity (Wildman–Crippen MR) is 84.5 cm³/mol. The molecule has 0 atom stereocenters. The molecule has 0 amide bonds. The molecule has 0 aromatic carbocycles. The normalized spacial score (nSPS) is 11.8. The Labute approximate surface area is 138 Å². The molecule has 24 heavy (non-hydrogen) atoms. The van der Waals surface area contributed by atoms with E-state index in [9.17, 15) is 8.42 Å². The number of aromatic nitrogens is 5. The predicted octanol–water partition coefficient (Wildman–Crippen LogP) is 0.993. The Morgan fingerprint density at radius 2 is 2.08 bits per heavy atom. The number of nitrogens with one attached hydrogen (secondary N) is 2. The second-order valence-corrected chi connectivity index (χ2v) is 6.83. The van der Waals surface area contributed by atoms with E-state index in [4.69, 9.17) is 4.42 Å². The molecule has 10 heteroatoms. The highest BCUT2D eigenvalue weighted by atomic mass is 32.2. The van der Waals surface area contributed by atoms with Gasteiger partial charge in [0.25, 0.3) is 5.89 Å². The molecule has 0 aliphatic carbocycles. The molecule has 3 rings (SSSR count). The van der Waals surface area contributed by atoms with E-state index in [1.165, 1.54) is 0 Å². The molecule has 3 aromatic heterocycles. The van der Waals surface area contributed by atoms with Crippen LogP contribution in [0.2, 0.25) is 0 Å². The Kier molecular flexibility index (Phi) is 4.40. The fourth-order valence-electron chi connectivity index (χ4n) is 2.25. The molecule has 0 bridgehead atoms. The number of aromatic amines is 1. The van der Waals surface area contributed by atoms with Crippen LogP contribution in [0.3, 0.4) is 0 Å². The first-order valence-corrected chi connectivity index (χ1v) is 8.71. The highest BCUT2D eigenvalue weighted by Crippen LogP contribution is 2.17. The van der Waals surface area contributed by atoms with Gasteiger partial charge in [-0.15, -0.1) is 10.2 Å². The van der Waals surface area contributed by atoms with Crippen LogP contribution in [0.25, 0.3) is 11.6 Å². The van der Waals surface area contributed by atoms with Crippen LogP contribution in [-0.4, -0.2) is 40.3 Å². The van der Waals surface area contributed by atoms with Crippen molar-refractivity contribution in [2.45, 2.75) is 25.2 Å². The maximum atomic E-state index is 12.3. The number of aryl methyl sites for hydroxylation is 2. The summed E-state index contributed by atoms with van der Waals surface area (Å²) in [5.74, 6) is 0.633. The quantitative estimate of drug-likeness (QED) is 0.680. The lowest BCUT2D eigenvalue weighted by molar-refractivity contribution is 0.500. The van der Waals surface area contributed by atoms with E-state index < -0.39 is 10.0 Å². The highest BCUT2D eigenvalue weighted by Gasteiger charge is 2.22. The van der Waals surface area contributed by atoms with Crippen LogP contribution in [0, 0.1) is 13.8 Å². The van der Waals surface area contributed by atoms with E-state index in [0.29, 0.717) is 28.9 Å². The molecular weight excluding hydrogens is 332 g/mol. The van der Waals surface area contributed by atoms with Gasteiger partial charge in [-0.2, -0.15) is 5.10 Å². The second kappa shape index (κ2) is 6.49. The van der Waals surface area contributed by atoms with E-state index in [-0.39, 0.29) is 17.9 Å². The van der Waals surface area contributed by atoms with Gasteiger partial charge in [-0.3, -0.25) is 10.1 Å². The Morgan fingerprint density at radius 1 is 1.25 bits per heavy atom. The lowest BCUT2D eigenvalue weighted by atomic mass is 10.3. The van der Waals surface area contributed by atoms with Crippen LogP contribution in [0.4, 0.5) is 0 Å². The van der Waals surface area contributed by atoms with E-state index in [1.54, 1.807) is 32.2 Å². The number of hydrogen-bond acceptors (Lipinski definition) is 7. The first-order valence-electron chi connectivity index (χ1n) is 7.22. The van der Waals surface area contributed by atoms with Crippen molar-refractivity contribution in [3.63, 3.8) is 0 Å². The van der Waals surface area contributed by atoms with Crippen LogP contribution in [-0.2, 0) is 16.4 Å². The number of rotatable bonds is 6. The third-order valence-electron chi connectivity index (χ3n) is 3.31. The third kappa shape index (κ3) is 3.34. The molecule has 0 spiro atoms. The summed E-state index contributed by atoms with van der Waals surface area (Å²) in [5.41, 5.74) is 1.49. The van der Waals surface area contributed by atoms with Crippen molar-refractivity contribution in [2.75, 3.05) is 6.54 Å². The fourth-order valence-corrected chi connectivity index (χ4v) is 3.65. The molecule has 2 N–H and O–H groups in total. The van der Waals surface area contributed by atoms with Crippen LogP contribution in [0.15, 0.2) is 33.7 Å². The van der Waals surface area contributed by atoms with Gasteiger partial charge in [0.1, 0.15) is 10.6 Å². The smallest absolute Gasteiger partial charge is 0.266 e. The van der Waals surface area contributed by atoms with Crippen LogP contribution < -0.4 is 4.72 Å². The average molecular weight is 348 g/mol. The van der Waals surface area contributed by atoms with Crippen molar-refractivity contribution in [2.24, 2.45) is 0 Å². The van der Waals surface area contributed by atoms with Gasteiger partial charge in [0.05, 0.1) is 11.4 Å². The number of sulfonamides is 1. The minimum atomic E-state index is -3.64. The SMILES string of the molecule is Cc1n[nH]c(C)c1S(=O)(=O)NCCc1nnc(-c2ccccn2)o1. The molecule has 0 aliphatic heterocycles. The molecule has 0 aliphatic rings. The van der Waals surface area contributed by atoms with Gasteiger partial charge in [0.15, 0.2) is 0 Å². The zero-order valence-corrected chi connectivity index (χ0v) is 14.0. The van der Waals surface area contributed by atoms with Gasteiger partial charge in [0, 0.05) is 19.2 Å². The first-order chi connectivity index (χ1) is 11.5. The second-order valence-electron chi connectivity index (χ2n) is 5.13. The Hall–Kier alpha value is -2.59. The summed E-state index contributed by atoms with van der Waals surface area (Å²) in [4.78, 5) is 4.29. The summed E-state index contributed by atoms with van der Waals surface area (Å²) in [7, 11) is -3.64. The zero-order chi connectivity index (χ0) is 17.2. The number of H-pyrrole nitrogens is 1. The zero-order valence-electron chi connectivity index (χ0n) is 13.1. The van der Waals surface area contributed by atoms with Crippen molar-refractivity contribution in [3.8, 4) is 11.6 Å². The maximum absolute atomic E-state index is 12.3. The van der Waals surface area contributed by atoms with Gasteiger partial charge < -0.3 is 4.42 Å². The highest BCUT2D eigenvalue weighted by molar-refractivity contribution is 7.89. The molecule has 9 nitrogen and oxygen atoms in total. The molecule has 0 fully saturated rings. The van der Waals surface area contributed by atoms with Gasteiger partial charge >= 0.3 is 0 Å². The van der Waals surface area contributed by atoms with Gasteiger partial charge in [-0.05, 0) is 26.0 Å². The molecule has 3 aromatic rings. The molecule has 126 valence electrons. The van der Waals surface area contributed by atoms with Crippen LogP contribution >= 0.6 is 0 Å². The topological polar surface area (TPSA) is 127 Å². The first kappa shape index (κ1) is 16.3. The molecule has 0 radical (unpaired) electrons. The largest absolute Gasteiger partial charge is 0.419 e. The molecule has 0 saturated carbocycles. The van der Waals surface area contributed by atoms with Crippen molar-refractivity contribution in [1.82, 2.24) is 30.1 Å². The summed E-state index contributed by atoms with van der Waals surface area (Å²) in [6.45, 7) is 3.43. The van der Waals surface area contributed by atoms with E-state index in [1.807, 2.05) is 6.07 Å². The van der Waals surface area contributed by atoms with Gasteiger partial charge in [0.2, 0.25) is 15.9 Å². The summed E-state index contributed by atoms with van der Waals surface area (Å²) in [5, 5.41) is 14.4. The Morgan fingerprint density at radius 3 is 2.75 bits per heavy atom. The van der Waals surface area contributed by atoms with Crippen molar-refractivity contribution >= 4 is 10.0 Å².